The summed E-state index contributed by atoms with van der Waals surface area (Å²) < 4.78 is 5.20. The minimum Gasteiger partial charge on any atom is -0.444 e. The molecule has 0 aliphatic carbocycles. The average Bonchev–Trinajstić information content (AvgIpc) is 2.67. The third-order valence-corrected chi connectivity index (χ3v) is 4.61. The van der Waals surface area contributed by atoms with Crippen molar-refractivity contribution in [3.63, 3.8) is 0 Å². The molecule has 2 amide bonds. The fraction of sp³-hybridized carbons (Fsp3) is 0.571. The molecule has 3 N–H and O–H groups in total. The second-order valence-electron chi connectivity index (χ2n) is 7.75. The standard InChI is InChI=1S/C21H35N5O3S.HI/c1-21(2,3)29-20(28)24-13-9-12-22-19(25-16-18(27)26(4)5)23-14-15-30-17-10-7-6-8-11-17;/h6-8,10-11H,9,12-16H2,1-5H3,(H,24,28)(H2,22,23,25);1H. The van der Waals surface area contributed by atoms with Crippen LogP contribution in [0.1, 0.15) is 27.2 Å². The summed E-state index contributed by atoms with van der Waals surface area (Å²) in [6.07, 6.45) is 0.268. The Balaban J connectivity index is 0.00000900. The van der Waals surface area contributed by atoms with E-state index in [4.69, 9.17) is 4.74 Å². The molecule has 0 saturated carbocycles. The van der Waals surface area contributed by atoms with Gasteiger partial charge in [0, 0.05) is 44.4 Å². The number of alkyl carbamates (subject to hydrolysis) is 1. The lowest BCUT2D eigenvalue weighted by Gasteiger charge is -2.19. The van der Waals surface area contributed by atoms with Gasteiger partial charge >= 0.3 is 6.09 Å². The third-order valence-electron chi connectivity index (χ3n) is 3.59. The zero-order chi connectivity index (χ0) is 22.4. The highest BCUT2D eigenvalue weighted by Gasteiger charge is 2.15. The van der Waals surface area contributed by atoms with Crippen molar-refractivity contribution in [3.05, 3.63) is 30.3 Å². The summed E-state index contributed by atoms with van der Waals surface area (Å²) >= 11 is 1.75. The lowest BCUT2D eigenvalue weighted by atomic mass is 10.2. The Morgan fingerprint density at radius 2 is 1.65 bits per heavy atom. The number of rotatable bonds is 10. The molecule has 0 unspecified atom stereocenters. The monoisotopic (exact) mass is 565 g/mol. The number of carbonyl (C=O) groups is 2. The van der Waals surface area contributed by atoms with E-state index < -0.39 is 11.7 Å². The van der Waals surface area contributed by atoms with Crippen molar-refractivity contribution in [2.75, 3.05) is 46.0 Å². The van der Waals surface area contributed by atoms with E-state index in [1.165, 1.54) is 9.80 Å². The normalized spacial score (nSPS) is 11.2. The molecule has 0 spiro atoms. The first-order chi connectivity index (χ1) is 14.2. The number of ether oxygens (including phenoxy) is 1. The van der Waals surface area contributed by atoms with Crippen LogP contribution < -0.4 is 16.0 Å². The van der Waals surface area contributed by atoms with Crippen molar-refractivity contribution in [1.29, 1.82) is 0 Å². The van der Waals surface area contributed by atoms with Gasteiger partial charge in [0.2, 0.25) is 5.91 Å². The van der Waals surface area contributed by atoms with Gasteiger partial charge in [-0.1, -0.05) is 18.2 Å². The van der Waals surface area contributed by atoms with Crippen molar-refractivity contribution in [2.45, 2.75) is 37.7 Å². The molecule has 0 radical (unpaired) electrons. The number of carbonyl (C=O) groups excluding carboxylic acids is 2. The zero-order valence-electron chi connectivity index (χ0n) is 19.1. The number of benzene rings is 1. The zero-order valence-corrected chi connectivity index (χ0v) is 22.2. The Kier molecular flexibility index (Phi) is 15.1. The molecule has 1 rings (SSSR count). The van der Waals surface area contributed by atoms with Gasteiger partial charge in [0.15, 0.2) is 5.96 Å². The second-order valence-corrected chi connectivity index (χ2v) is 8.92. The first-order valence-corrected chi connectivity index (χ1v) is 11.0. The SMILES string of the molecule is CN(C)C(=O)CN=C(NCCCNC(=O)OC(C)(C)C)NCCSc1ccccc1.I. The van der Waals surface area contributed by atoms with E-state index in [9.17, 15) is 9.59 Å². The summed E-state index contributed by atoms with van der Waals surface area (Å²) in [7, 11) is 3.41. The highest BCUT2D eigenvalue weighted by molar-refractivity contribution is 14.0. The smallest absolute Gasteiger partial charge is 0.407 e. The molecule has 0 heterocycles. The van der Waals surface area contributed by atoms with Gasteiger partial charge in [-0.05, 0) is 39.3 Å². The van der Waals surface area contributed by atoms with Gasteiger partial charge in [0.25, 0.3) is 0 Å². The van der Waals surface area contributed by atoms with Crippen molar-refractivity contribution < 1.29 is 14.3 Å². The number of guanidine groups is 1. The fourth-order valence-corrected chi connectivity index (χ4v) is 2.91. The number of hydrogen-bond acceptors (Lipinski definition) is 5. The second kappa shape index (κ2) is 16.0. The van der Waals surface area contributed by atoms with Crippen LogP contribution in [0, 0.1) is 0 Å². The van der Waals surface area contributed by atoms with Gasteiger partial charge in [-0.15, -0.1) is 35.7 Å². The van der Waals surface area contributed by atoms with E-state index in [2.05, 4.69) is 33.1 Å². The number of hydrogen-bond donors (Lipinski definition) is 3. The predicted molar refractivity (Wildman–Crippen MR) is 138 cm³/mol. The van der Waals surface area contributed by atoms with Gasteiger partial charge in [-0.25, -0.2) is 9.79 Å². The molecular formula is C21H36IN5O3S. The first-order valence-electron chi connectivity index (χ1n) is 10.0. The Morgan fingerprint density at radius 3 is 2.26 bits per heavy atom. The summed E-state index contributed by atoms with van der Waals surface area (Å²) in [5, 5.41) is 9.17. The Hall–Kier alpha value is -1.69. The van der Waals surface area contributed by atoms with E-state index in [1.807, 2.05) is 39.0 Å². The highest BCUT2D eigenvalue weighted by Crippen LogP contribution is 2.15. The molecule has 0 atom stereocenters. The van der Waals surface area contributed by atoms with Gasteiger partial charge < -0.3 is 25.6 Å². The molecule has 1 aromatic carbocycles. The Morgan fingerprint density at radius 1 is 1.03 bits per heavy atom. The molecule has 176 valence electrons. The summed E-state index contributed by atoms with van der Waals surface area (Å²) in [5.74, 6) is 1.38. The summed E-state index contributed by atoms with van der Waals surface area (Å²) in [6.45, 7) is 7.34. The van der Waals surface area contributed by atoms with Crippen molar-refractivity contribution >= 4 is 53.7 Å². The molecule has 0 saturated heterocycles. The van der Waals surface area contributed by atoms with E-state index >= 15 is 0 Å². The molecule has 8 nitrogen and oxygen atoms in total. The minimum atomic E-state index is -0.511. The topological polar surface area (TPSA) is 95.1 Å². The predicted octanol–water partition coefficient (Wildman–Crippen LogP) is 2.93. The van der Waals surface area contributed by atoms with E-state index in [0.717, 1.165) is 5.75 Å². The highest BCUT2D eigenvalue weighted by atomic mass is 127. The quantitative estimate of drug-likeness (QED) is 0.133. The molecule has 0 aliphatic heterocycles. The third kappa shape index (κ3) is 15.7. The van der Waals surface area contributed by atoms with Crippen LogP contribution in [0.15, 0.2) is 40.2 Å². The van der Waals surface area contributed by atoms with Gasteiger partial charge in [-0.2, -0.15) is 0 Å². The number of aliphatic imine (C=N–C) groups is 1. The minimum absolute atomic E-state index is 0. The van der Waals surface area contributed by atoms with Crippen LogP contribution in [0.3, 0.4) is 0 Å². The molecule has 0 aromatic heterocycles. The maximum Gasteiger partial charge on any atom is 0.407 e. The molecule has 31 heavy (non-hydrogen) atoms. The summed E-state index contributed by atoms with van der Waals surface area (Å²) in [6, 6.07) is 10.2. The van der Waals surface area contributed by atoms with Crippen LogP contribution in [0.2, 0.25) is 0 Å². The lowest BCUT2D eigenvalue weighted by Crippen LogP contribution is -2.41. The molecule has 1 aromatic rings. The first kappa shape index (κ1) is 29.3. The van der Waals surface area contributed by atoms with E-state index in [0.29, 0.717) is 32.0 Å². The van der Waals surface area contributed by atoms with Crippen molar-refractivity contribution in [2.24, 2.45) is 4.99 Å². The number of nitrogens with zero attached hydrogens (tertiary/aromatic N) is 2. The maximum atomic E-state index is 11.8. The van der Waals surface area contributed by atoms with Crippen molar-refractivity contribution in [3.8, 4) is 0 Å². The van der Waals surface area contributed by atoms with Crippen LogP contribution >= 0.6 is 35.7 Å². The summed E-state index contributed by atoms with van der Waals surface area (Å²) in [4.78, 5) is 30.6. The maximum absolute atomic E-state index is 11.8. The van der Waals surface area contributed by atoms with Crippen LogP contribution in [0.25, 0.3) is 0 Å². The Bertz CT molecular complexity index is 681. The van der Waals surface area contributed by atoms with E-state index in [-0.39, 0.29) is 36.4 Å². The number of likely N-dealkylation sites (N-methyl/N-ethyl adjacent to an activating group) is 1. The van der Waals surface area contributed by atoms with Crippen LogP contribution in [-0.4, -0.2) is 74.5 Å². The van der Waals surface area contributed by atoms with Gasteiger partial charge in [0.1, 0.15) is 12.1 Å². The average molecular weight is 566 g/mol. The van der Waals surface area contributed by atoms with Gasteiger partial charge in [-0.3, -0.25) is 4.79 Å². The number of nitrogens with one attached hydrogen (secondary N) is 3. The largest absolute Gasteiger partial charge is 0.444 e. The van der Waals surface area contributed by atoms with Gasteiger partial charge in [0.05, 0.1) is 0 Å². The van der Waals surface area contributed by atoms with Crippen LogP contribution in [0.5, 0.6) is 0 Å². The number of halogens is 1. The summed E-state index contributed by atoms with van der Waals surface area (Å²) in [5.41, 5.74) is -0.511. The van der Waals surface area contributed by atoms with Crippen molar-refractivity contribution in [1.82, 2.24) is 20.9 Å². The molecular weight excluding hydrogens is 529 g/mol. The molecule has 0 fully saturated rings. The number of thioether (sulfide) groups is 1. The lowest BCUT2D eigenvalue weighted by molar-refractivity contribution is -0.127. The number of amides is 2. The van der Waals surface area contributed by atoms with Crippen LogP contribution in [-0.2, 0) is 9.53 Å². The molecule has 0 aliphatic rings. The molecule has 10 heteroatoms. The Labute approximate surface area is 207 Å². The molecule has 0 bridgehead atoms. The fourth-order valence-electron chi connectivity index (χ4n) is 2.12. The van der Waals surface area contributed by atoms with Crippen LogP contribution in [0.4, 0.5) is 4.79 Å². The van der Waals surface area contributed by atoms with E-state index in [1.54, 1.807) is 25.9 Å².